The third kappa shape index (κ3) is 14.0. The first-order chi connectivity index (χ1) is 12.0. The minimum atomic E-state index is -1.82. The SMILES string of the molecule is CCCCNCCOCCOc1cccc(CC)c1.O=C(O)C(=O)O. The van der Waals surface area contributed by atoms with Crippen LogP contribution >= 0.6 is 0 Å². The van der Waals surface area contributed by atoms with E-state index in [-0.39, 0.29) is 0 Å². The molecule has 0 amide bonds. The molecule has 7 nitrogen and oxygen atoms in total. The summed E-state index contributed by atoms with van der Waals surface area (Å²) in [6, 6.07) is 8.23. The van der Waals surface area contributed by atoms with Crippen molar-refractivity contribution in [1.82, 2.24) is 5.32 Å². The van der Waals surface area contributed by atoms with Crippen molar-refractivity contribution >= 4 is 11.9 Å². The summed E-state index contributed by atoms with van der Waals surface area (Å²) in [6.45, 7) is 8.36. The van der Waals surface area contributed by atoms with E-state index in [1.54, 1.807) is 0 Å². The zero-order valence-corrected chi connectivity index (χ0v) is 15.0. The zero-order valence-electron chi connectivity index (χ0n) is 15.0. The van der Waals surface area contributed by atoms with E-state index in [9.17, 15) is 0 Å². The van der Waals surface area contributed by atoms with Crippen LogP contribution in [0.15, 0.2) is 24.3 Å². The van der Waals surface area contributed by atoms with Gasteiger partial charge in [-0.25, -0.2) is 9.59 Å². The lowest BCUT2D eigenvalue weighted by Crippen LogP contribution is -2.21. The largest absolute Gasteiger partial charge is 0.491 e. The van der Waals surface area contributed by atoms with Gasteiger partial charge in [-0.3, -0.25) is 0 Å². The maximum absolute atomic E-state index is 9.10. The molecule has 1 aromatic rings. The summed E-state index contributed by atoms with van der Waals surface area (Å²) in [6.07, 6.45) is 3.51. The van der Waals surface area contributed by atoms with Crippen LogP contribution in [0.25, 0.3) is 0 Å². The summed E-state index contributed by atoms with van der Waals surface area (Å²) >= 11 is 0. The summed E-state index contributed by atoms with van der Waals surface area (Å²) in [4.78, 5) is 18.2. The minimum absolute atomic E-state index is 0.613. The summed E-state index contributed by atoms with van der Waals surface area (Å²) in [7, 11) is 0. The Morgan fingerprint density at radius 3 is 2.36 bits per heavy atom. The first kappa shape index (κ1) is 22.9. The molecule has 0 saturated heterocycles. The second kappa shape index (κ2) is 15.4. The summed E-state index contributed by atoms with van der Waals surface area (Å²) in [5, 5.41) is 18.1. The quantitative estimate of drug-likeness (QED) is 0.413. The van der Waals surface area contributed by atoms with Crippen LogP contribution in [-0.4, -0.2) is 55.1 Å². The van der Waals surface area contributed by atoms with Crippen molar-refractivity contribution in [2.24, 2.45) is 0 Å². The standard InChI is InChI=1S/C16H27NO2.C2H2O4/c1-3-5-9-17-10-11-18-12-13-19-16-8-6-7-15(4-2)14-16;3-1(4)2(5)6/h6-8,14,17H,3-5,9-13H2,1-2H3;(H,3,4)(H,5,6). The van der Waals surface area contributed by atoms with E-state index in [0.717, 1.165) is 31.9 Å². The Morgan fingerprint density at radius 1 is 1.04 bits per heavy atom. The van der Waals surface area contributed by atoms with Gasteiger partial charge in [0.05, 0.1) is 13.2 Å². The Morgan fingerprint density at radius 2 is 1.76 bits per heavy atom. The van der Waals surface area contributed by atoms with Gasteiger partial charge in [0.25, 0.3) is 0 Å². The van der Waals surface area contributed by atoms with Crippen LogP contribution < -0.4 is 10.1 Å². The van der Waals surface area contributed by atoms with Gasteiger partial charge >= 0.3 is 11.9 Å². The van der Waals surface area contributed by atoms with E-state index in [1.165, 1.54) is 18.4 Å². The highest BCUT2D eigenvalue weighted by Gasteiger charge is 2.04. The number of hydrogen-bond acceptors (Lipinski definition) is 5. The van der Waals surface area contributed by atoms with Crippen molar-refractivity contribution in [1.29, 1.82) is 0 Å². The van der Waals surface area contributed by atoms with Crippen LogP contribution in [0.2, 0.25) is 0 Å². The molecule has 0 aliphatic rings. The molecule has 25 heavy (non-hydrogen) atoms. The fraction of sp³-hybridized carbons (Fsp3) is 0.556. The lowest BCUT2D eigenvalue weighted by Gasteiger charge is -2.08. The van der Waals surface area contributed by atoms with Crippen molar-refractivity contribution in [2.45, 2.75) is 33.1 Å². The molecule has 0 saturated carbocycles. The fourth-order valence-corrected chi connectivity index (χ4v) is 1.75. The third-order valence-electron chi connectivity index (χ3n) is 3.12. The summed E-state index contributed by atoms with van der Waals surface area (Å²) in [5.74, 6) is -2.71. The Hall–Kier alpha value is -2.12. The van der Waals surface area contributed by atoms with Gasteiger partial charge in [0.15, 0.2) is 0 Å². The third-order valence-corrected chi connectivity index (χ3v) is 3.12. The Kier molecular flexibility index (Phi) is 14.1. The number of unbranched alkanes of at least 4 members (excludes halogenated alkanes) is 1. The van der Waals surface area contributed by atoms with Crippen molar-refractivity contribution in [3.05, 3.63) is 29.8 Å². The number of carbonyl (C=O) groups is 2. The summed E-state index contributed by atoms with van der Waals surface area (Å²) in [5.41, 5.74) is 1.30. The van der Waals surface area contributed by atoms with E-state index >= 15 is 0 Å². The number of hydrogen-bond donors (Lipinski definition) is 3. The molecule has 142 valence electrons. The molecule has 0 aliphatic carbocycles. The number of rotatable bonds is 11. The van der Waals surface area contributed by atoms with Crippen molar-refractivity contribution in [3.63, 3.8) is 0 Å². The normalized spacial score (nSPS) is 9.84. The Bertz CT molecular complexity index is 480. The van der Waals surface area contributed by atoms with Crippen molar-refractivity contribution in [3.8, 4) is 5.75 Å². The number of benzene rings is 1. The number of aliphatic carboxylic acids is 2. The maximum atomic E-state index is 9.10. The molecule has 7 heteroatoms. The maximum Gasteiger partial charge on any atom is 0.414 e. The molecule has 0 bridgehead atoms. The molecule has 0 heterocycles. The molecule has 1 aromatic carbocycles. The smallest absolute Gasteiger partial charge is 0.414 e. The lowest BCUT2D eigenvalue weighted by atomic mass is 10.2. The number of ether oxygens (including phenoxy) is 2. The average Bonchev–Trinajstić information content (AvgIpc) is 2.61. The Balaban J connectivity index is 0.000000823. The zero-order chi connectivity index (χ0) is 18.9. The van der Waals surface area contributed by atoms with Crippen LogP contribution in [0.5, 0.6) is 5.75 Å². The fourth-order valence-electron chi connectivity index (χ4n) is 1.75. The first-order valence-corrected chi connectivity index (χ1v) is 8.47. The molecule has 0 aromatic heterocycles. The van der Waals surface area contributed by atoms with E-state index in [2.05, 4.69) is 31.3 Å². The molecule has 0 radical (unpaired) electrons. The topological polar surface area (TPSA) is 105 Å². The van der Waals surface area contributed by atoms with Gasteiger partial charge in [-0.1, -0.05) is 32.4 Å². The van der Waals surface area contributed by atoms with Crippen LogP contribution in [0.4, 0.5) is 0 Å². The molecule has 0 aliphatic heterocycles. The van der Waals surface area contributed by atoms with Crippen LogP contribution in [0.1, 0.15) is 32.3 Å². The van der Waals surface area contributed by atoms with Gasteiger partial charge in [-0.2, -0.15) is 0 Å². The highest BCUT2D eigenvalue weighted by atomic mass is 16.5. The van der Waals surface area contributed by atoms with Gasteiger partial charge in [0.1, 0.15) is 12.4 Å². The monoisotopic (exact) mass is 355 g/mol. The lowest BCUT2D eigenvalue weighted by molar-refractivity contribution is -0.159. The van der Waals surface area contributed by atoms with Crippen LogP contribution in [0.3, 0.4) is 0 Å². The summed E-state index contributed by atoms with van der Waals surface area (Å²) < 4.78 is 11.2. The van der Waals surface area contributed by atoms with Gasteiger partial charge in [-0.15, -0.1) is 0 Å². The molecule has 0 unspecified atom stereocenters. The second-order valence-corrected chi connectivity index (χ2v) is 5.18. The van der Waals surface area contributed by atoms with Crippen molar-refractivity contribution in [2.75, 3.05) is 32.9 Å². The van der Waals surface area contributed by atoms with Crippen molar-refractivity contribution < 1.29 is 29.3 Å². The van der Waals surface area contributed by atoms with Gasteiger partial charge in [-0.05, 0) is 37.1 Å². The first-order valence-electron chi connectivity index (χ1n) is 8.47. The number of carboxylic acids is 2. The minimum Gasteiger partial charge on any atom is -0.491 e. The molecule has 0 spiro atoms. The predicted molar refractivity (Wildman–Crippen MR) is 95.2 cm³/mol. The Labute approximate surface area is 149 Å². The highest BCUT2D eigenvalue weighted by Crippen LogP contribution is 2.13. The van der Waals surface area contributed by atoms with Gasteiger partial charge < -0.3 is 25.0 Å². The number of nitrogens with one attached hydrogen (secondary N) is 1. The number of aryl methyl sites for hydroxylation is 1. The molecule has 3 N–H and O–H groups in total. The van der Waals surface area contributed by atoms with Crippen LogP contribution in [-0.2, 0) is 20.7 Å². The van der Waals surface area contributed by atoms with E-state index < -0.39 is 11.9 Å². The highest BCUT2D eigenvalue weighted by molar-refractivity contribution is 6.27. The predicted octanol–water partition coefficient (Wildman–Crippen LogP) is 2.19. The van der Waals surface area contributed by atoms with Gasteiger partial charge in [0.2, 0.25) is 0 Å². The average molecular weight is 355 g/mol. The van der Waals surface area contributed by atoms with E-state index in [0.29, 0.717) is 13.2 Å². The molecule has 1 rings (SSSR count). The van der Waals surface area contributed by atoms with Gasteiger partial charge in [0, 0.05) is 6.54 Å². The van der Waals surface area contributed by atoms with Crippen LogP contribution in [0, 0.1) is 0 Å². The molecular weight excluding hydrogens is 326 g/mol. The molecular formula is C18H29NO6. The molecule has 0 fully saturated rings. The second-order valence-electron chi connectivity index (χ2n) is 5.18. The van der Waals surface area contributed by atoms with E-state index in [1.807, 2.05) is 12.1 Å². The molecule has 0 atom stereocenters. The van der Waals surface area contributed by atoms with E-state index in [4.69, 9.17) is 29.3 Å². The number of carboxylic acid groups (broad SMARTS) is 2.